The maximum absolute atomic E-state index is 12.8. The van der Waals surface area contributed by atoms with Crippen LogP contribution in [0.25, 0.3) is 11.0 Å². The van der Waals surface area contributed by atoms with E-state index in [2.05, 4.69) is 10.6 Å². The van der Waals surface area contributed by atoms with E-state index in [1.54, 1.807) is 24.3 Å². The Morgan fingerprint density at radius 3 is 2.52 bits per heavy atom. The molecule has 0 aliphatic heterocycles. The minimum atomic E-state index is -0.240. The molecule has 2 N–H and O–H groups in total. The van der Waals surface area contributed by atoms with Crippen molar-refractivity contribution in [2.75, 3.05) is 11.9 Å². The van der Waals surface area contributed by atoms with Crippen LogP contribution < -0.4 is 10.6 Å². The quantitative estimate of drug-likeness (QED) is 0.411. The van der Waals surface area contributed by atoms with Gasteiger partial charge in [-0.25, -0.2) is 4.98 Å². The lowest BCUT2D eigenvalue weighted by atomic mass is 10.1. The zero-order valence-electron chi connectivity index (χ0n) is 18.6. The van der Waals surface area contributed by atoms with Crippen LogP contribution in [0.1, 0.15) is 27.3 Å². The molecular formula is C26H25ClN4O2. The Kier molecular flexibility index (Phi) is 6.75. The first kappa shape index (κ1) is 22.6. The highest BCUT2D eigenvalue weighted by atomic mass is 35.5. The molecule has 0 bridgehead atoms. The van der Waals surface area contributed by atoms with Crippen LogP contribution >= 0.6 is 11.6 Å². The normalized spacial score (nSPS) is 10.9. The Labute approximate surface area is 197 Å². The van der Waals surface area contributed by atoms with Gasteiger partial charge in [-0.15, -0.1) is 0 Å². The van der Waals surface area contributed by atoms with Crippen LogP contribution in [0.2, 0.25) is 5.02 Å². The molecule has 6 nitrogen and oxygen atoms in total. The van der Waals surface area contributed by atoms with E-state index in [0.29, 0.717) is 23.6 Å². The Morgan fingerprint density at radius 2 is 1.73 bits per heavy atom. The van der Waals surface area contributed by atoms with Gasteiger partial charge in [0.2, 0.25) is 5.91 Å². The van der Waals surface area contributed by atoms with Gasteiger partial charge in [-0.3, -0.25) is 9.59 Å². The number of rotatable bonds is 7. The van der Waals surface area contributed by atoms with Gasteiger partial charge in [0.1, 0.15) is 12.4 Å². The third-order valence-corrected chi connectivity index (χ3v) is 5.91. The fourth-order valence-corrected chi connectivity index (χ4v) is 3.91. The summed E-state index contributed by atoms with van der Waals surface area (Å²) in [7, 11) is 0. The molecule has 0 fully saturated rings. The Morgan fingerprint density at radius 1 is 0.970 bits per heavy atom. The monoisotopic (exact) mass is 460 g/mol. The van der Waals surface area contributed by atoms with Crippen molar-refractivity contribution in [1.82, 2.24) is 14.9 Å². The van der Waals surface area contributed by atoms with E-state index in [-0.39, 0.29) is 18.4 Å². The molecule has 0 atom stereocenters. The lowest BCUT2D eigenvalue weighted by Crippen LogP contribution is -2.27. The number of aryl methyl sites for hydroxylation is 2. The average Bonchev–Trinajstić information content (AvgIpc) is 3.13. The zero-order valence-corrected chi connectivity index (χ0v) is 19.3. The lowest BCUT2D eigenvalue weighted by Gasteiger charge is -2.12. The van der Waals surface area contributed by atoms with E-state index >= 15 is 0 Å². The highest BCUT2D eigenvalue weighted by Crippen LogP contribution is 2.19. The third-order valence-electron chi connectivity index (χ3n) is 5.58. The van der Waals surface area contributed by atoms with Crippen molar-refractivity contribution in [3.05, 3.63) is 94.3 Å². The Balaban J connectivity index is 1.48. The molecule has 1 heterocycles. The van der Waals surface area contributed by atoms with Gasteiger partial charge in [-0.2, -0.15) is 0 Å². The molecule has 0 aliphatic carbocycles. The number of para-hydroxylation sites is 2. The summed E-state index contributed by atoms with van der Waals surface area (Å²) in [5.41, 5.74) is 5.18. The zero-order chi connectivity index (χ0) is 23.4. The molecule has 0 saturated carbocycles. The SMILES string of the molecule is Cc1ccc(NC(=O)Cn2c(CCNC(=O)c3ccccc3Cl)nc3ccccc32)cc1C. The lowest BCUT2D eigenvalue weighted by molar-refractivity contribution is -0.116. The van der Waals surface area contributed by atoms with Crippen LogP contribution in [-0.2, 0) is 17.8 Å². The topological polar surface area (TPSA) is 76.0 Å². The molecule has 0 aliphatic rings. The van der Waals surface area contributed by atoms with E-state index in [1.807, 2.05) is 60.9 Å². The minimum Gasteiger partial charge on any atom is -0.352 e. The Hall–Kier alpha value is -3.64. The molecule has 3 aromatic carbocycles. The second kappa shape index (κ2) is 9.88. The molecular weight excluding hydrogens is 436 g/mol. The van der Waals surface area contributed by atoms with E-state index in [1.165, 1.54) is 5.56 Å². The van der Waals surface area contributed by atoms with E-state index < -0.39 is 0 Å². The van der Waals surface area contributed by atoms with E-state index in [9.17, 15) is 9.59 Å². The second-order valence-electron chi connectivity index (χ2n) is 7.94. The summed E-state index contributed by atoms with van der Waals surface area (Å²) in [6.45, 7) is 4.55. The summed E-state index contributed by atoms with van der Waals surface area (Å²) in [5.74, 6) is 0.351. The molecule has 7 heteroatoms. The van der Waals surface area contributed by atoms with Crippen LogP contribution in [-0.4, -0.2) is 27.9 Å². The maximum atomic E-state index is 12.8. The largest absolute Gasteiger partial charge is 0.352 e. The van der Waals surface area contributed by atoms with E-state index in [4.69, 9.17) is 16.6 Å². The standard InChI is InChI=1S/C26H25ClN4O2/c1-17-11-12-19(15-18(17)2)29-25(32)16-31-23-10-6-5-9-22(23)30-24(31)13-14-28-26(33)20-7-3-4-8-21(20)27/h3-12,15H,13-14,16H2,1-2H3,(H,28,33)(H,29,32). The fraction of sp³-hybridized carbons (Fsp3) is 0.192. The summed E-state index contributed by atoms with van der Waals surface area (Å²) in [4.78, 5) is 30.0. The van der Waals surface area contributed by atoms with Crippen molar-refractivity contribution in [2.24, 2.45) is 0 Å². The summed E-state index contributed by atoms with van der Waals surface area (Å²) in [6.07, 6.45) is 0.474. The Bertz CT molecular complexity index is 1330. The number of nitrogens with zero attached hydrogens (tertiary/aromatic N) is 2. The van der Waals surface area contributed by atoms with Crippen LogP contribution in [0.5, 0.6) is 0 Å². The molecule has 4 rings (SSSR count). The van der Waals surface area contributed by atoms with Gasteiger partial charge in [0, 0.05) is 18.7 Å². The number of fused-ring (bicyclic) bond motifs is 1. The molecule has 0 unspecified atom stereocenters. The number of hydrogen-bond acceptors (Lipinski definition) is 3. The number of imidazole rings is 1. The van der Waals surface area contributed by atoms with Crippen molar-refractivity contribution in [1.29, 1.82) is 0 Å². The second-order valence-corrected chi connectivity index (χ2v) is 8.34. The first-order valence-electron chi connectivity index (χ1n) is 10.8. The van der Waals surface area contributed by atoms with Crippen molar-refractivity contribution in [2.45, 2.75) is 26.8 Å². The van der Waals surface area contributed by atoms with Crippen molar-refractivity contribution < 1.29 is 9.59 Å². The van der Waals surface area contributed by atoms with Crippen LogP contribution in [0.4, 0.5) is 5.69 Å². The number of amides is 2. The molecule has 0 saturated heterocycles. The minimum absolute atomic E-state index is 0.126. The van der Waals surface area contributed by atoms with Crippen LogP contribution in [0, 0.1) is 13.8 Å². The predicted octanol–water partition coefficient (Wildman–Crippen LogP) is 4.92. The van der Waals surface area contributed by atoms with Crippen molar-refractivity contribution >= 4 is 40.1 Å². The molecule has 0 spiro atoms. The maximum Gasteiger partial charge on any atom is 0.252 e. The summed E-state index contributed by atoms with van der Waals surface area (Å²) < 4.78 is 1.90. The molecule has 168 valence electrons. The number of nitrogens with one attached hydrogen (secondary N) is 2. The van der Waals surface area contributed by atoms with Gasteiger partial charge < -0.3 is 15.2 Å². The number of benzene rings is 3. The molecule has 33 heavy (non-hydrogen) atoms. The van der Waals surface area contributed by atoms with Crippen LogP contribution in [0.15, 0.2) is 66.7 Å². The number of halogens is 1. The smallest absolute Gasteiger partial charge is 0.252 e. The summed E-state index contributed by atoms with van der Waals surface area (Å²) in [5, 5.41) is 6.27. The van der Waals surface area contributed by atoms with Gasteiger partial charge in [-0.05, 0) is 61.4 Å². The van der Waals surface area contributed by atoms with Gasteiger partial charge in [0.05, 0.1) is 21.6 Å². The third kappa shape index (κ3) is 5.23. The van der Waals surface area contributed by atoms with Crippen molar-refractivity contribution in [3.63, 3.8) is 0 Å². The molecule has 1 aromatic heterocycles. The summed E-state index contributed by atoms with van der Waals surface area (Å²) in [6, 6.07) is 20.5. The number of carbonyl (C=O) groups excluding carboxylic acids is 2. The highest BCUT2D eigenvalue weighted by Gasteiger charge is 2.15. The fourth-order valence-electron chi connectivity index (χ4n) is 3.68. The van der Waals surface area contributed by atoms with Gasteiger partial charge in [0.25, 0.3) is 5.91 Å². The van der Waals surface area contributed by atoms with Gasteiger partial charge in [-0.1, -0.05) is 41.9 Å². The average molecular weight is 461 g/mol. The summed E-state index contributed by atoms with van der Waals surface area (Å²) >= 11 is 6.11. The van der Waals surface area contributed by atoms with Crippen molar-refractivity contribution in [3.8, 4) is 0 Å². The van der Waals surface area contributed by atoms with Gasteiger partial charge in [0.15, 0.2) is 0 Å². The number of aromatic nitrogens is 2. The first-order valence-corrected chi connectivity index (χ1v) is 11.1. The van der Waals surface area contributed by atoms with E-state index in [0.717, 1.165) is 28.1 Å². The first-order chi connectivity index (χ1) is 15.9. The molecule has 2 amide bonds. The molecule has 4 aromatic rings. The number of hydrogen-bond donors (Lipinski definition) is 2. The number of anilines is 1. The highest BCUT2D eigenvalue weighted by molar-refractivity contribution is 6.33. The van der Waals surface area contributed by atoms with Crippen LogP contribution in [0.3, 0.4) is 0 Å². The number of carbonyl (C=O) groups is 2. The predicted molar refractivity (Wildman–Crippen MR) is 132 cm³/mol. The van der Waals surface area contributed by atoms with Gasteiger partial charge >= 0.3 is 0 Å². The molecule has 0 radical (unpaired) electrons.